The van der Waals surface area contributed by atoms with Crippen LogP contribution in [0.25, 0.3) is 0 Å². The zero-order valence-electron chi connectivity index (χ0n) is 6.79. The van der Waals surface area contributed by atoms with E-state index < -0.39 is 5.91 Å². The Bertz CT molecular complexity index is 321. The van der Waals surface area contributed by atoms with Crippen molar-refractivity contribution in [3.8, 4) is 0 Å². The molecule has 0 heterocycles. The summed E-state index contributed by atoms with van der Waals surface area (Å²) < 4.78 is 1.58. The van der Waals surface area contributed by atoms with Crippen LogP contribution in [0.5, 0.6) is 0 Å². The van der Waals surface area contributed by atoms with E-state index in [0.29, 0.717) is 10.8 Å². The van der Waals surface area contributed by atoms with Gasteiger partial charge in [0.25, 0.3) is 0 Å². The molecule has 5 heteroatoms. The van der Waals surface area contributed by atoms with Crippen molar-refractivity contribution in [3.63, 3.8) is 0 Å². The van der Waals surface area contributed by atoms with Crippen LogP contribution in [0.1, 0.15) is 6.92 Å². The van der Waals surface area contributed by atoms with Gasteiger partial charge >= 0.3 is 0 Å². The summed E-state index contributed by atoms with van der Waals surface area (Å²) in [4.78, 5) is 10.8. The Morgan fingerprint density at radius 3 is 2.15 bits per heavy atom. The van der Waals surface area contributed by atoms with Crippen LogP contribution >= 0.6 is 31.9 Å². The normalized spacial score (nSPS) is 9.85. The highest BCUT2D eigenvalue weighted by Crippen LogP contribution is 2.25. The minimum Gasteiger partial charge on any atom is -0.281 e. The van der Waals surface area contributed by atoms with Crippen molar-refractivity contribution in [2.45, 2.75) is 6.92 Å². The minimum absolute atomic E-state index is 0.425. The smallest absolute Gasteiger partial charge is 0.247 e. The first-order chi connectivity index (χ1) is 6.00. The summed E-state index contributed by atoms with van der Waals surface area (Å²) in [5.41, 5.74) is 0.425. The largest absolute Gasteiger partial charge is 0.281 e. The van der Waals surface area contributed by atoms with Crippen LogP contribution in [0.3, 0.4) is 0 Å². The van der Waals surface area contributed by atoms with Crippen molar-refractivity contribution in [3.05, 3.63) is 27.1 Å². The van der Waals surface area contributed by atoms with E-state index >= 15 is 0 Å². The maximum Gasteiger partial charge on any atom is 0.247 e. The van der Waals surface area contributed by atoms with E-state index in [0.717, 1.165) is 8.95 Å². The van der Waals surface area contributed by atoms with Crippen LogP contribution in [-0.2, 0) is 4.79 Å². The maximum atomic E-state index is 10.8. The second kappa shape index (κ2) is 4.21. The number of rotatable bonds is 1. The third-order valence-electron chi connectivity index (χ3n) is 1.39. The number of nitrogens with zero attached hydrogens (tertiary/aromatic N) is 1. The van der Waals surface area contributed by atoms with Crippen LogP contribution in [0.15, 0.2) is 27.1 Å². The number of benzene rings is 1. The average Bonchev–Trinajstić information content (AvgIpc) is 2.01. The molecule has 0 atom stereocenters. The zero-order valence-corrected chi connectivity index (χ0v) is 9.96. The van der Waals surface area contributed by atoms with Crippen LogP contribution in [0.4, 0.5) is 5.69 Å². The molecule has 0 unspecified atom stereocenters. The first-order valence-corrected chi connectivity index (χ1v) is 5.05. The van der Waals surface area contributed by atoms with E-state index in [1.807, 2.05) is 6.07 Å². The number of hydrogen-bond donors (Lipinski definition) is 1. The molecule has 0 spiro atoms. The molecule has 1 rings (SSSR count). The van der Waals surface area contributed by atoms with Crippen LogP contribution in [-0.4, -0.2) is 11.1 Å². The number of hydroxylamine groups is 1. The van der Waals surface area contributed by atoms with E-state index in [9.17, 15) is 10.0 Å². The fraction of sp³-hybridized carbons (Fsp3) is 0.125. The number of amides is 1. The third-order valence-corrected chi connectivity index (χ3v) is 2.31. The van der Waals surface area contributed by atoms with Gasteiger partial charge in [-0.25, -0.2) is 0 Å². The number of anilines is 1. The molecule has 0 aromatic heterocycles. The van der Waals surface area contributed by atoms with E-state index in [-0.39, 0.29) is 0 Å². The highest BCUT2D eigenvalue weighted by molar-refractivity contribution is 9.11. The second-order valence-electron chi connectivity index (χ2n) is 2.46. The Morgan fingerprint density at radius 2 is 1.77 bits per heavy atom. The van der Waals surface area contributed by atoms with Gasteiger partial charge in [0.2, 0.25) is 5.91 Å². The van der Waals surface area contributed by atoms with E-state index in [2.05, 4.69) is 31.9 Å². The maximum absolute atomic E-state index is 10.8. The molecular weight excluding hydrogens is 302 g/mol. The lowest BCUT2D eigenvalue weighted by Crippen LogP contribution is -2.23. The quantitative estimate of drug-likeness (QED) is 0.640. The summed E-state index contributed by atoms with van der Waals surface area (Å²) in [7, 11) is 0. The van der Waals surface area contributed by atoms with E-state index in [1.54, 1.807) is 12.1 Å². The molecule has 0 aliphatic carbocycles. The number of hydrogen-bond acceptors (Lipinski definition) is 2. The Balaban J connectivity index is 3.07. The average molecular weight is 309 g/mol. The first-order valence-electron chi connectivity index (χ1n) is 3.46. The summed E-state index contributed by atoms with van der Waals surface area (Å²) in [6, 6.07) is 5.11. The molecule has 0 radical (unpaired) electrons. The monoisotopic (exact) mass is 307 g/mol. The summed E-state index contributed by atoms with van der Waals surface area (Å²) in [5.74, 6) is -0.426. The van der Waals surface area contributed by atoms with Crippen LogP contribution < -0.4 is 5.06 Å². The molecule has 0 saturated carbocycles. The fourth-order valence-corrected chi connectivity index (χ4v) is 2.11. The summed E-state index contributed by atoms with van der Waals surface area (Å²) >= 11 is 6.50. The molecule has 1 aromatic rings. The first kappa shape index (κ1) is 10.7. The minimum atomic E-state index is -0.426. The lowest BCUT2D eigenvalue weighted by atomic mass is 10.3. The summed E-state index contributed by atoms with van der Waals surface area (Å²) in [6.45, 7) is 1.29. The molecule has 70 valence electrons. The molecule has 1 N–H and O–H groups in total. The van der Waals surface area contributed by atoms with Crippen molar-refractivity contribution in [1.82, 2.24) is 0 Å². The molecule has 0 fully saturated rings. The summed E-state index contributed by atoms with van der Waals surface area (Å²) in [5, 5.41) is 9.88. The number of halogens is 2. The highest BCUT2D eigenvalue weighted by atomic mass is 79.9. The van der Waals surface area contributed by atoms with Gasteiger partial charge in [-0.3, -0.25) is 10.0 Å². The lowest BCUT2D eigenvalue weighted by Gasteiger charge is -2.12. The van der Waals surface area contributed by atoms with Gasteiger partial charge in [0.15, 0.2) is 0 Å². The Hall–Kier alpha value is -0.390. The van der Waals surface area contributed by atoms with Crippen molar-refractivity contribution in [2.75, 3.05) is 5.06 Å². The van der Waals surface area contributed by atoms with Gasteiger partial charge in [0.1, 0.15) is 0 Å². The van der Waals surface area contributed by atoms with Crippen molar-refractivity contribution < 1.29 is 10.0 Å². The molecule has 1 amide bonds. The molecule has 0 aliphatic rings. The predicted molar refractivity (Wildman–Crippen MR) is 56.8 cm³/mol. The van der Waals surface area contributed by atoms with Crippen molar-refractivity contribution in [2.24, 2.45) is 0 Å². The molecular formula is C8H7Br2NO2. The van der Waals surface area contributed by atoms with Gasteiger partial charge in [-0.1, -0.05) is 31.9 Å². The van der Waals surface area contributed by atoms with Crippen LogP contribution in [0.2, 0.25) is 0 Å². The van der Waals surface area contributed by atoms with Gasteiger partial charge in [-0.2, -0.15) is 5.06 Å². The number of carbonyl (C=O) groups excluding carboxylic acids is 1. The molecule has 0 bridgehead atoms. The van der Waals surface area contributed by atoms with Gasteiger partial charge < -0.3 is 0 Å². The van der Waals surface area contributed by atoms with Crippen molar-refractivity contribution >= 4 is 43.5 Å². The lowest BCUT2D eigenvalue weighted by molar-refractivity contribution is -0.121. The zero-order chi connectivity index (χ0) is 10.0. The van der Waals surface area contributed by atoms with Crippen molar-refractivity contribution in [1.29, 1.82) is 0 Å². The van der Waals surface area contributed by atoms with E-state index in [4.69, 9.17) is 0 Å². The standard InChI is InChI=1S/C8H7Br2NO2/c1-5(12)11(13)8-3-6(9)2-7(10)4-8/h2-4,13H,1H3. The molecule has 1 aromatic carbocycles. The second-order valence-corrected chi connectivity index (χ2v) is 4.29. The highest BCUT2D eigenvalue weighted by Gasteiger charge is 2.08. The van der Waals surface area contributed by atoms with Crippen LogP contribution in [0, 0.1) is 0 Å². The Kier molecular flexibility index (Phi) is 3.47. The number of carbonyl (C=O) groups is 1. The van der Waals surface area contributed by atoms with Gasteiger partial charge in [-0.15, -0.1) is 0 Å². The van der Waals surface area contributed by atoms with Gasteiger partial charge in [-0.05, 0) is 18.2 Å². The van der Waals surface area contributed by atoms with Gasteiger partial charge in [0.05, 0.1) is 5.69 Å². The topological polar surface area (TPSA) is 40.5 Å². The summed E-state index contributed by atoms with van der Waals surface area (Å²) in [6.07, 6.45) is 0. The SMILES string of the molecule is CC(=O)N(O)c1cc(Br)cc(Br)c1. The Labute approximate surface area is 92.6 Å². The van der Waals surface area contributed by atoms with Gasteiger partial charge in [0, 0.05) is 15.9 Å². The Morgan fingerprint density at radius 1 is 1.31 bits per heavy atom. The van der Waals surface area contributed by atoms with E-state index in [1.165, 1.54) is 6.92 Å². The fourth-order valence-electron chi connectivity index (χ4n) is 0.843. The molecule has 3 nitrogen and oxygen atoms in total. The predicted octanol–water partition coefficient (Wildman–Crippen LogP) is 2.95. The molecule has 0 aliphatic heterocycles. The third kappa shape index (κ3) is 2.79. The molecule has 13 heavy (non-hydrogen) atoms. The molecule has 0 saturated heterocycles.